The maximum absolute atomic E-state index is 12.7. The largest absolute Gasteiger partial charge is 0.506 e. The summed E-state index contributed by atoms with van der Waals surface area (Å²) in [6.45, 7) is 0.978. The molecule has 3 heterocycles. The molecular weight excluding hydrogens is 424 g/mol. The molecule has 1 atom stereocenters. The Morgan fingerprint density at radius 1 is 1.27 bits per heavy atom. The van der Waals surface area contributed by atoms with Crippen molar-refractivity contribution in [1.29, 1.82) is 0 Å². The Morgan fingerprint density at radius 3 is 2.97 bits per heavy atom. The number of methoxy groups -OCH3 is 1. The number of benzene rings is 1. The second-order valence-electron chi connectivity index (χ2n) is 7.99. The van der Waals surface area contributed by atoms with E-state index in [0.717, 1.165) is 29.9 Å². The quantitative estimate of drug-likeness (QED) is 0.568. The molecule has 9 nitrogen and oxygen atoms in total. The molecule has 172 valence electrons. The summed E-state index contributed by atoms with van der Waals surface area (Å²) >= 11 is 0. The number of pyridine rings is 1. The van der Waals surface area contributed by atoms with Gasteiger partial charge >= 0.3 is 0 Å². The Hall–Kier alpha value is -3.88. The van der Waals surface area contributed by atoms with Crippen LogP contribution in [0.15, 0.2) is 53.3 Å². The van der Waals surface area contributed by atoms with E-state index in [2.05, 4.69) is 15.3 Å². The summed E-state index contributed by atoms with van der Waals surface area (Å²) in [7, 11) is 1.64. The molecule has 1 saturated heterocycles. The molecule has 0 saturated carbocycles. The van der Waals surface area contributed by atoms with Crippen LogP contribution >= 0.6 is 0 Å². The van der Waals surface area contributed by atoms with E-state index in [0.29, 0.717) is 25.4 Å². The number of ether oxygens (including phenoxy) is 1. The van der Waals surface area contributed by atoms with Gasteiger partial charge in [0.25, 0.3) is 5.91 Å². The molecule has 33 heavy (non-hydrogen) atoms. The maximum Gasteiger partial charge on any atom is 0.253 e. The van der Waals surface area contributed by atoms with Crippen molar-refractivity contribution in [2.75, 3.05) is 26.7 Å². The molecule has 9 heteroatoms. The fraction of sp³-hybridized carbons (Fsp3) is 0.333. The van der Waals surface area contributed by atoms with Crippen LogP contribution in [0.1, 0.15) is 46.3 Å². The third kappa shape index (κ3) is 5.68. The van der Waals surface area contributed by atoms with Crippen molar-refractivity contribution in [1.82, 2.24) is 20.2 Å². The van der Waals surface area contributed by atoms with E-state index in [1.807, 2.05) is 24.3 Å². The zero-order valence-electron chi connectivity index (χ0n) is 18.4. The van der Waals surface area contributed by atoms with Gasteiger partial charge in [0.15, 0.2) is 5.89 Å². The van der Waals surface area contributed by atoms with Crippen LogP contribution < -0.4 is 10.1 Å². The molecule has 0 spiro atoms. The molecule has 1 aromatic carbocycles. The molecule has 0 radical (unpaired) electrons. The number of piperidine rings is 1. The number of carbonyl (C=O) groups excluding carboxylic acids is 2. The molecule has 2 aromatic heterocycles. The lowest BCUT2D eigenvalue weighted by atomic mass is 9.98. The molecule has 2 amide bonds. The van der Waals surface area contributed by atoms with Gasteiger partial charge in [-0.05, 0) is 36.6 Å². The summed E-state index contributed by atoms with van der Waals surface area (Å²) in [5.74, 6) is 1.44. The molecule has 4 rings (SSSR count). The normalized spacial score (nSPS) is 15.8. The minimum absolute atomic E-state index is 0.00716. The highest BCUT2D eigenvalue weighted by molar-refractivity contribution is 5.96. The molecular formula is C24H26N4O5. The number of aromatic nitrogens is 2. The van der Waals surface area contributed by atoms with Crippen LogP contribution in [-0.2, 0) is 11.2 Å². The van der Waals surface area contributed by atoms with E-state index in [9.17, 15) is 14.7 Å². The Morgan fingerprint density at radius 2 is 2.15 bits per heavy atom. The Bertz CT molecular complexity index is 1130. The first-order valence-electron chi connectivity index (χ1n) is 10.8. The first-order valence-corrected chi connectivity index (χ1v) is 10.8. The number of nitrogens with one attached hydrogen (secondary N) is 1. The van der Waals surface area contributed by atoms with Crippen LogP contribution in [0.2, 0.25) is 0 Å². The minimum Gasteiger partial charge on any atom is -0.506 e. The van der Waals surface area contributed by atoms with Crippen molar-refractivity contribution in [3.05, 3.63) is 71.7 Å². The number of hydrogen-bond acceptors (Lipinski definition) is 7. The zero-order chi connectivity index (χ0) is 23.2. The van der Waals surface area contributed by atoms with Crippen molar-refractivity contribution in [2.24, 2.45) is 0 Å². The minimum atomic E-state index is -0.463. The number of likely N-dealkylation sites (tertiary alicyclic amines) is 1. The van der Waals surface area contributed by atoms with E-state index in [4.69, 9.17) is 9.15 Å². The van der Waals surface area contributed by atoms with Crippen LogP contribution in [0.5, 0.6) is 11.5 Å². The average Bonchev–Trinajstić information content (AvgIpc) is 3.31. The zero-order valence-corrected chi connectivity index (χ0v) is 18.4. The fourth-order valence-electron chi connectivity index (χ4n) is 3.90. The Balaban J connectivity index is 1.32. The predicted octanol–water partition coefficient (Wildman–Crippen LogP) is 2.51. The van der Waals surface area contributed by atoms with Gasteiger partial charge in [0.2, 0.25) is 5.91 Å². The molecule has 2 N–H and O–H groups in total. The number of hydrogen-bond donors (Lipinski definition) is 2. The fourth-order valence-corrected chi connectivity index (χ4v) is 3.90. The second-order valence-corrected chi connectivity index (χ2v) is 7.99. The lowest BCUT2D eigenvalue weighted by Gasteiger charge is -2.31. The molecule has 3 aromatic rings. The van der Waals surface area contributed by atoms with Crippen molar-refractivity contribution in [2.45, 2.75) is 25.2 Å². The molecule has 0 aliphatic carbocycles. The Labute approximate surface area is 191 Å². The van der Waals surface area contributed by atoms with E-state index in [-0.39, 0.29) is 29.7 Å². The molecule has 1 fully saturated rings. The number of carbonyl (C=O) groups is 2. The van der Waals surface area contributed by atoms with Gasteiger partial charge in [-0.25, -0.2) is 4.98 Å². The van der Waals surface area contributed by atoms with Crippen LogP contribution in [0, 0.1) is 0 Å². The van der Waals surface area contributed by atoms with Gasteiger partial charge in [-0.15, -0.1) is 0 Å². The smallest absolute Gasteiger partial charge is 0.253 e. The first-order chi connectivity index (χ1) is 16.0. The monoisotopic (exact) mass is 450 g/mol. The predicted molar refractivity (Wildman–Crippen MR) is 119 cm³/mol. The molecule has 1 aliphatic heterocycles. The van der Waals surface area contributed by atoms with E-state index in [1.54, 1.807) is 18.2 Å². The standard InChI is InChI=1S/C24H26N4O5/c1-32-20-6-2-4-16(8-20)9-21-13-27-24(33-21)17-5-3-7-28(15-17)22(30)14-26-23(31)18-10-19(29)12-25-11-18/h2,4,6,8,10-13,17,29H,3,5,7,9,14-15H2,1H3,(H,26,31)/t17-/m0/s1. The lowest BCUT2D eigenvalue weighted by Crippen LogP contribution is -2.44. The summed E-state index contributed by atoms with van der Waals surface area (Å²) in [5.41, 5.74) is 1.26. The van der Waals surface area contributed by atoms with Crippen LogP contribution in [0.4, 0.5) is 0 Å². The van der Waals surface area contributed by atoms with E-state index < -0.39 is 5.91 Å². The summed E-state index contributed by atoms with van der Waals surface area (Å²) in [5, 5.41) is 12.0. The summed E-state index contributed by atoms with van der Waals surface area (Å²) in [6.07, 6.45) is 6.62. The number of amides is 2. The third-order valence-corrected chi connectivity index (χ3v) is 5.59. The number of oxazole rings is 1. The van der Waals surface area contributed by atoms with E-state index >= 15 is 0 Å². The van der Waals surface area contributed by atoms with Crippen LogP contribution in [0.25, 0.3) is 0 Å². The second kappa shape index (κ2) is 10.2. The lowest BCUT2D eigenvalue weighted by molar-refractivity contribution is -0.131. The highest BCUT2D eigenvalue weighted by Gasteiger charge is 2.28. The Kier molecular flexibility index (Phi) is 6.87. The van der Waals surface area contributed by atoms with Crippen LogP contribution in [-0.4, -0.2) is 58.5 Å². The topological polar surface area (TPSA) is 118 Å². The average molecular weight is 450 g/mol. The SMILES string of the molecule is COc1cccc(Cc2cnc([C@H]3CCCN(C(=O)CNC(=O)c4cncc(O)c4)C3)o2)c1. The van der Waals surface area contributed by atoms with Gasteiger partial charge in [-0.1, -0.05) is 12.1 Å². The van der Waals surface area contributed by atoms with Crippen molar-refractivity contribution < 1.29 is 23.8 Å². The highest BCUT2D eigenvalue weighted by Crippen LogP contribution is 2.27. The van der Waals surface area contributed by atoms with Gasteiger partial charge in [0.1, 0.15) is 17.3 Å². The van der Waals surface area contributed by atoms with Crippen molar-refractivity contribution in [3.63, 3.8) is 0 Å². The number of rotatable bonds is 7. The van der Waals surface area contributed by atoms with Crippen molar-refractivity contribution >= 4 is 11.8 Å². The third-order valence-electron chi connectivity index (χ3n) is 5.59. The van der Waals surface area contributed by atoms with Gasteiger partial charge in [-0.3, -0.25) is 14.6 Å². The van der Waals surface area contributed by atoms with Crippen LogP contribution in [0.3, 0.4) is 0 Å². The van der Waals surface area contributed by atoms with Gasteiger partial charge in [0, 0.05) is 25.7 Å². The van der Waals surface area contributed by atoms with Gasteiger partial charge in [0.05, 0.1) is 37.5 Å². The summed E-state index contributed by atoms with van der Waals surface area (Å²) in [6, 6.07) is 9.10. The summed E-state index contributed by atoms with van der Waals surface area (Å²) in [4.78, 5) is 34.8. The molecule has 0 bridgehead atoms. The molecule has 0 unspecified atom stereocenters. The first kappa shape index (κ1) is 22.3. The maximum atomic E-state index is 12.7. The van der Waals surface area contributed by atoms with Gasteiger partial charge < -0.3 is 24.5 Å². The van der Waals surface area contributed by atoms with Gasteiger partial charge in [-0.2, -0.15) is 0 Å². The summed E-state index contributed by atoms with van der Waals surface area (Å²) < 4.78 is 11.3. The van der Waals surface area contributed by atoms with E-state index in [1.165, 1.54) is 18.5 Å². The van der Waals surface area contributed by atoms with Crippen molar-refractivity contribution in [3.8, 4) is 11.5 Å². The number of aromatic hydroxyl groups is 1. The number of nitrogens with zero attached hydrogens (tertiary/aromatic N) is 3. The molecule has 1 aliphatic rings. The highest BCUT2D eigenvalue weighted by atomic mass is 16.5.